The van der Waals surface area contributed by atoms with Crippen LogP contribution in [0.2, 0.25) is 0 Å². The van der Waals surface area contributed by atoms with Crippen molar-refractivity contribution in [3.63, 3.8) is 0 Å². The first kappa shape index (κ1) is 22.8. The maximum Gasteiger partial charge on any atom is 0.337 e. The van der Waals surface area contributed by atoms with Crippen molar-refractivity contribution in [1.82, 2.24) is 4.98 Å². The Bertz CT molecular complexity index is 1250. The number of aromatic carboxylic acids is 1. The molecule has 0 bridgehead atoms. The molecule has 8 heteroatoms. The third kappa shape index (κ3) is 4.28. The maximum absolute atomic E-state index is 14.4. The van der Waals surface area contributed by atoms with E-state index in [0.717, 1.165) is 13.0 Å². The van der Waals surface area contributed by atoms with Crippen molar-refractivity contribution in [2.24, 2.45) is 0 Å². The highest BCUT2D eigenvalue weighted by Gasteiger charge is 2.30. The number of pyridine rings is 1. The van der Waals surface area contributed by atoms with Crippen molar-refractivity contribution >= 4 is 5.97 Å². The predicted octanol–water partition coefficient (Wildman–Crippen LogP) is 5.40. The van der Waals surface area contributed by atoms with Crippen molar-refractivity contribution in [2.75, 3.05) is 6.61 Å². The zero-order valence-corrected chi connectivity index (χ0v) is 17.5. The topological polar surface area (TPSA) is 83.2 Å². The molecular formula is C24H19F3N2O3. The molecule has 3 aromatic rings. The molecule has 0 saturated heterocycles. The van der Waals surface area contributed by atoms with Gasteiger partial charge in [-0.15, -0.1) is 0 Å². The summed E-state index contributed by atoms with van der Waals surface area (Å²) in [5, 5.41) is 18.9. The largest absolute Gasteiger partial charge is 0.491 e. The van der Waals surface area contributed by atoms with Crippen LogP contribution in [-0.2, 0) is 5.41 Å². The highest BCUT2D eigenvalue weighted by Crippen LogP contribution is 2.32. The molecule has 0 radical (unpaired) electrons. The molecule has 2 aromatic carbocycles. The molecule has 0 aliphatic carbocycles. The molecule has 1 N–H and O–H groups in total. The fraction of sp³-hybridized carbons (Fsp3) is 0.208. The molecule has 1 aromatic heterocycles. The smallest absolute Gasteiger partial charge is 0.337 e. The molecule has 164 valence electrons. The number of benzene rings is 2. The third-order valence-corrected chi connectivity index (χ3v) is 5.12. The van der Waals surface area contributed by atoms with Crippen molar-refractivity contribution in [3.05, 3.63) is 82.3 Å². The summed E-state index contributed by atoms with van der Waals surface area (Å²) in [6.45, 7) is 4.10. The van der Waals surface area contributed by atoms with E-state index in [2.05, 4.69) is 4.98 Å². The first-order valence-corrected chi connectivity index (χ1v) is 9.57. The van der Waals surface area contributed by atoms with Crippen LogP contribution in [0.25, 0.3) is 11.3 Å². The highest BCUT2D eigenvalue weighted by molar-refractivity contribution is 5.94. The lowest BCUT2D eigenvalue weighted by atomic mass is 9.84. The molecule has 1 heterocycles. The van der Waals surface area contributed by atoms with Crippen LogP contribution in [-0.4, -0.2) is 22.7 Å². The number of carbonyl (C=O) groups is 1. The summed E-state index contributed by atoms with van der Waals surface area (Å²) in [4.78, 5) is 15.5. The number of carboxylic acids is 1. The molecule has 0 amide bonds. The van der Waals surface area contributed by atoms with Crippen molar-refractivity contribution in [3.8, 4) is 23.1 Å². The Balaban J connectivity index is 1.91. The minimum absolute atomic E-state index is 0.0231. The quantitative estimate of drug-likeness (QED) is 0.519. The van der Waals surface area contributed by atoms with E-state index in [9.17, 15) is 28.3 Å². The summed E-state index contributed by atoms with van der Waals surface area (Å²) in [6, 6.07) is 10.3. The second kappa shape index (κ2) is 8.71. The Labute approximate surface area is 182 Å². The number of hydrogen-bond acceptors (Lipinski definition) is 4. The monoisotopic (exact) mass is 440 g/mol. The lowest BCUT2D eigenvalue weighted by Crippen LogP contribution is -2.28. The Morgan fingerprint density at radius 3 is 2.56 bits per heavy atom. The van der Waals surface area contributed by atoms with E-state index in [1.807, 2.05) is 6.07 Å². The molecule has 0 unspecified atom stereocenters. The summed E-state index contributed by atoms with van der Waals surface area (Å²) in [5.74, 6) is -4.26. The molecule has 0 aliphatic rings. The number of aromatic nitrogens is 1. The highest BCUT2D eigenvalue weighted by atomic mass is 19.2. The van der Waals surface area contributed by atoms with Gasteiger partial charge < -0.3 is 9.84 Å². The summed E-state index contributed by atoms with van der Waals surface area (Å²) in [6.07, 6.45) is 1.44. The van der Waals surface area contributed by atoms with Gasteiger partial charge in [0.1, 0.15) is 17.6 Å². The van der Waals surface area contributed by atoms with Crippen molar-refractivity contribution in [1.29, 1.82) is 5.26 Å². The van der Waals surface area contributed by atoms with Crippen LogP contribution >= 0.6 is 0 Å². The molecule has 32 heavy (non-hydrogen) atoms. The standard InChI is InChI=1S/C24H19F3N2O3/c1-13-18(25)10-17(21(27)20(13)26)24(2,3)12-32-19-7-6-14(9-15(19)11-28)22-16(23(30)31)5-4-8-29-22/h4-10H,12H2,1-3H3,(H,30,31). The molecule has 0 aliphatic heterocycles. The molecule has 3 rings (SSSR count). The Hall–Kier alpha value is -3.86. The molecule has 0 atom stereocenters. The second-order valence-corrected chi connectivity index (χ2v) is 7.86. The number of nitriles is 1. The number of nitrogens with zero attached hydrogens (tertiary/aromatic N) is 2. The van der Waals surface area contributed by atoms with Crippen LogP contribution in [0.5, 0.6) is 5.75 Å². The van der Waals surface area contributed by atoms with E-state index in [4.69, 9.17) is 4.74 Å². The van der Waals surface area contributed by atoms with Crippen LogP contribution in [0.4, 0.5) is 13.2 Å². The number of rotatable bonds is 6. The van der Waals surface area contributed by atoms with E-state index in [1.165, 1.54) is 30.5 Å². The van der Waals surface area contributed by atoms with Crippen molar-refractivity contribution in [2.45, 2.75) is 26.2 Å². The second-order valence-electron chi connectivity index (χ2n) is 7.86. The average Bonchev–Trinajstić information content (AvgIpc) is 2.78. The Morgan fingerprint density at radius 2 is 1.91 bits per heavy atom. The van der Waals surface area contributed by atoms with Gasteiger partial charge in [-0.25, -0.2) is 18.0 Å². The molecule has 0 spiro atoms. The first-order chi connectivity index (χ1) is 15.1. The van der Waals surface area contributed by atoms with Crippen LogP contribution in [0.3, 0.4) is 0 Å². The minimum Gasteiger partial charge on any atom is -0.491 e. The fourth-order valence-electron chi connectivity index (χ4n) is 3.21. The average molecular weight is 440 g/mol. The van der Waals surface area contributed by atoms with Gasteiger partial charge in [-0.1, -0.05) is 13.8 Å². The van der Waals surface area contributed by atoms with Gasteiger partial charge >= 0.3 is 5.97 Å². The summed E-state index contributed by atoms with van der Waals surface area (Å²) in [7, 11) is 0. The SMILES string of the molecule is Cc1c(F)cc(C(C)(C)COc2ccc(-c3ncccc3C(=O)O)cc2C#N)c(F)c1F. The van der Waals surface area contributed by atoms with Crippen LogP contribution < -0.4 is 4.74 Å². The predicted molar refractivity (Wildman–Crippen MR) is 111 cm³/mol. The van der Waals surface area contributed by atoms with Gasteiger partial charge in [0.2, 0.25) is 0 Å². The van der Waals surface area contributed by atoms with Gasteiger partial charge in [0, 0.05) is 28.3 Å². The third-order valence-electron chi connectivity index (χ3n) is 5.12. The Kier molecular flexibility index (Phi) is 6.21. The van der Waals surface area contributed by atoms with E-state index in [1.54, 1.807) is 19.9 Å². The van der Waals surface area contributed by atoms with Crippen molar-refractivity contribution < 1.29 is 27.8 Å². The lowest BCUT2D eigenvalue weighted by Gasteiger charge is -2.27. The Morgan fingerprint density at radius 1 is 1.19 bits per heavy atom. The van der Waals surface area contributed by atoms with E-state index < -0.39 is 34.4 Å². The summed E-state index contributed by atoms with van der Waals surface area (Å²) >= 11 is 0. The normalized spacial score (nSPS) is 11.2. The number of ether oxygens (including phenoxy) is 1. The van der Waals surface area contributed by atoms with Gasteiger partial charge in [-0.2, -0.15) is 5.26 Å². The minimum atomic E-state index is -1.25. The van der Waals surface area contributed by atoms with Gasteiger partial charge in [0.15, 0.2) is 11.6 Å². The zero-order chi connectivity index (χ0) is 23.6. The van der Waals surface area contributed by atoms with Crippen LogP contribution in [0.1, 0.15) is 40.9 Å². The lowest BCUT2D eigenvalue weighted by molar-refractivity contribution is 0.0697. The zero-order valence-electron chi connectivity index (χ0n) is 17.5. The van der Waals surface area contributed by atoms with Gasteiger partial charge in [-0.3, -0.25) is 4.98 Å². The molecule has 0 saturated carbocycles. The van der Waals surface area contributed by atoms with E-state index in [-0.39, 0.29) is 34.7 Å². The molecule has 0 fully saturated rings. The molecule has 5 nitrogen and oxygen atoms in total. The van der Waals surface area contributed by atoms with Gasteiger partial charge in [-0.05, 0) is 43.3 Å². The summed E-state index contributed by atoms with van der Waals surface area (Å²) < 4.78 is 48.2. The summed E-state index contributed by atoms with van der Waals surface area (Å²) in [5.41, 5.74) is -1.04. The van der Waals surface area contributed by atoms with Crippen LogP contribution in [0, 0.1) is 35.7 Å². The fourth-order valence-corrected chi connectivity index (χ4v) is 3.21. The van der Waals surface area contributed by atoms with Crippen LogP contribution in [0.15, 0.2) is 42.6 Å². The van der Waals surface area contributed by atoms with Gasteiger partial charge in [0.05, 0.1) is 23.4 Å². The number of carboxylic acid groups (broad SMARTS) is 1. The number of halogens is 3. The first-order valence-electron chi connectivity index (χ1n) is 9.57. The number of hydrogen-bond donors (Lipinski definition) is 1. The van der Waals surface area contributed by atoms with Gasteiger partial charge in [0.25, 0.3) is 0 Å². The van der Waals surface area contributed by atoms with E-state index in [0.29, 0.717) is 5.56 Å². The van der Waals surface area contributed by atoms with E-state index >= 15 is 0 Å². The maximum atomic E-state index is 14.4. The molecular weight excluding hydrogens is 421 g/mol.